The van der Waals surface area contributed by atoms with E-state index in [2.05, 4.69) is 10.4 Å². The van der Waals surface area contributed by atoms with E-state index in [0.717, 1.165) is 23.4 Å². The number of benzene rings is 1. The monoisotopic (exact) mass is 342 g/mol. The molecule has 0 saturated heterocycles. The van der Waals surface area contributed by atoms with E-state index in [0.29, 0.717) is 30.9 Å². The van der Waals surface area contributed by atoms with E-state index in [-0.39, 0.29) is 12.5 Å². The van der Waals surface area contributed by atoms with Crippen LogP contribution in [0.2, 0.25) is 0 Å². The lowest BCUT2D eigenvalue weighted by atomic mass is 10.1. The minimum Gasteiger partial charge on any atom is -0.408 e. The summed E-state index contributed by atoms with van der Waals surface area (Å²) in [6.45, 7) is 1.41. The summed E-state index contributed by atoms with van der Waals surface area (Å²) in [6.07, 6.45) is 0.823. The van der Waals surface area contributed by atoms with Crippen LogP contribution in [-0.2, 0) is 42.7 Å². The standard InChI is InChI=1S/C17H18N4O4/c1-20-13-6-7-24-10-11(13)12(19-20)8-18-16(22)9-21-14-4-2-3-5-15(14)25-17(21)23/h2-5H,6-10H2,1H3,(H,18,22). The number of nitrogens with zero attached hydrogens (tertiary/aromatic N) is 3. The summed E-state index contributed by atoms with van der Waals surface area (Å²) in [5, 5.41) is 7.28. The molecule has 0 atom stereocenters. The van der Waals surface area contributed by atoms with Crippen molar-refractivity contribution in [2.75, 3.05) is 6.61 Å². The van der Waals surface area contributed by atoms with Crippen LogP contribution >= 0.6 is 0 Å². The van der Waals surface area contributed by atoms with Gasteiger partial charge in [-0.15, -0.1) is 0 Å². The highest BCUT2D eigenvalue weighted by Crippen LogP contribution is 2.20. The fraction of sp³-hybridized carbons (Fsp3) is 0.353. The number of rotatable bonds is 4. The normalized spacial score (nSPS) is 13.8. The average Bonchev–Trinajstić information content (AvgIpc) is 3.11. The molecular weight excluding hydrogens is 324 g/mol. The molecule has 0 bridgehead atoms. The van der Waals surface area contributed by atoms with Crippen molar-refractivity contribution in [2.24, 2.45) is 7.05 Å². The van der Waals surface area contributed by atoms with E-state index >= 15 is 0 Å². The highest BCUT2D eigenvalue weighted by atomic mass is 16.5. The summed E-state index contributed by atoms with van der Waals surface area (Å²) < 4.78 is 13.8. The summed E-state index contributed by atoms with van der Waals surface area (Å²) in [5.74, 6) is -0.815. The van der Waals surface area contributed by atoms with Gasteiger partial charge in [0.05, 0.1) is 31.0 Å². The van der Waals surface area contributed by atoms with Gasteiger partial charge in [0, 0.05) is 24.7 Å². The molecule has 1 aliphatic rings. The molecule has 0 spiro atoms. The summed E-state index contributed by atoms with van der Waals surface area (Å²) in [6, 6.07) is 7.03. The minimum atomic E-state index is -0.542. The van der Waals surface area contributed by atoms with Gasteiger partial charge in [-0.05, 0) is 12.1 Å². The van der Waals surface area contributed by atoms with Gasteiger partial charge < -0.3 is 14.5 Å². The molecule has 0 radical (unpaired) electrons. The zero-order valence-corrected chi connectivity index (χ0v) is 13.8. The molecular formula is C17H18N4O4. The van der Waals surface area contributed by atoms with Crippen molar-refractivity contribution in [1.29, 1.82) is 0 Å². The number of nitrogens with one attached hydrogen (secondary N) is 1. The Morgan fingerprint density at radius 3 is 3.08 bits per heavy atom. The lowest BCUT2D eigenvalue weighted by molar-refractivity contribution is -0.121. The van der Waals surface area contributed by atoms with Gasteiger partial charge >= 0.3 is 5.76 Å². The highest BCUT2D eigenvalue weighted by molar-refractivity contribution is 5.79. The number of ether oxygens (including phenoxy) is 1. The Balaban J connectivity index is 1.48. The molecule has 25 heavy (non-hydrogen) atoms. The van der Waals surface area contributed by atoms with Crippen molar-refractivity contribution in [3.8, 4) is 0 Å². The van der Waals surface area contributed by atoms with Crippen molar-refractivity contribution in [2.45, 2.75) is 26.1 Å². The molecule has 0 saturated carbocycles. The number of fused-ring (bicyclic) bond motifs is 2. The number of oxazole rings is 1. The molecule has 8 nitrogen and oxygen atoms in total. The van der Waals surface area contributed by atoms with Crippen LogP contribution in [0.15, 0.2) is 33.5 Å². The van der Waals surface area contributed by atoms with Crippen molar-refractivity contribution < 1.29 is 13.9 Å². The third kappa shape index (κ3) is 2.85. The van der Waals surface area contributed by atoms with E-state index in [1.807, 2.05) is 11.7 Å². The van der Waals surface area contributed by atoms with Crippen LogP contribution in [0.5, 0.6) is 0 Å². The highest BCUT2D eigenvalue weighted by Gasteiger charge is 2.20. The fourth-order valence-electron chi connectivity index (χ4n) is 3.17. The summed E-state index contributed by atoms with van der Waals surface area (Å²) in [7, 11) is 1.90. The summed E-state index contributed by atoms with van der Waals surface area (Å²) in [4.78, 5) is 24.2. The molecule has 8 heteroatoms. The van der Waals surface area contributed by atoms with Crippen LogP contribution in [0.1, 0.15) is 17.0 Å². The quantitative estimate of drug-likeness (QED) is 0.754. The first-order valence-corrected chi connectivity index (χ1v) is 8.10. The predicted octanol–water partition coefficient (Wildman–Crippen LogP) is 0.717. The number of hydrogen-bond acceptors (Lipinski definition) is 5. The van der Waals surface area contributed by atoms with Gasteiger partial charge in [0.2, 0.25) is 5.91 Å². The lowest BCUT2D eigenvalue weighted by Crippen LogP contribution is -2.30. The van der Waals surface area contributed by atoms with Gasteiger partial charge in [0.25, 0.3) is 0 Å². The molecule has 0 unspecified atom stereocenters. The molecule has 4 rings (SSSR count). The minimum absolute atomic E-state index is 0.0959. The van der Waals surface area contributed by atoms with Gasteiger partial charge in [-0.1, -0.05) is 12.1 Å². The number of amides is 1. The Bertz CT molecular complexity index is 998. The van der Waals surface area contributed by atoms with Gasteiger partial charge in [0.15, 0.2) is 5.58 Å². The molecule has 1 aromatic carbocycles. The lowest BCUT2D eigenvalue weighted by Gasteiger charge is -2.13. The van der Waals surface area contributed by atoms with E-state index in [1.54, 1.807) is 24.3 Å². The van der Waals surface area contributed by atoms with E-state index in [1.165, 1.54) is 4.57 Å². The maximum absolute atomic E-state index is 12.3. The molecule has 130 valence electrons. The van der Waals surface area contributed by atoms with Gasteiger partial charge in [0.1, 0.15) is 6.54 Å². The molecule has 1 N–H and O–H groups in total. The molecule has 1 amide bonds. The van der Waals surface area contributed by atoms with Crippen molar-refractivity contribution in [1.82, 2.24) is 19.7 Å². The first-order valence-electron chi connectivity index (χ1n) is 8.10. The second kappa shape index (κ2) is 6.21. The third-order valence-electron chi connectivity index (χ3n) is 4.42. The molecule has 2 aromatic heterocycles. The third-order valence-corrected chi connectivity index (χ3v) is 4.42. The predicted molar refractivity (Wildman–Crippen MR) is 88.9 cm³/mol. The Morgan fingerprint density at radius 1 is 1.36 bits per heavy atom. The van der Waals surface area contributed by atoms with Crippen molar-refractivity contribution in [3.05, 3.63) is 51.8 Å². The fourth-order valence-corrected chi connectivity index (χ4v) is 3.17. The Hall–Kier alpha value is -2.87. The summed E-state index contributed by atoms with van der Waals surface area (Å²) >= 11 is 0. The smallest absolute Gasteiger partial charge is 0.408 e. The second-order valence-corrected chi connectivity index (χ2v) is 6.00. The van der Waals surface area contributed by atoms with Crippen LogP contribution in [0.4, 0.5) is 0 Å². The molecule has 0 aliphatic carbocycles. The maximum atomic E-state index is 12.3. The number of aryl methyl sites for hydroxylation is 1. The number of carbonyl (C=O) groups is 1. The summed E-state index contributed by atoms with van der Waals surface area (Å²) in [5.41, 5.74) is 4.06. The maximum Gasteiger partial charge on any atom is 0.420 e. The van der Waals surface area contributed by atoms with Gasteiger partial charge in [-0.3, -0.25) is 14.0 Å². The van der Waals surface area contributed by atoms with E-state index in [4.69, 9.17) is 9.15 Å². The van der Waals surface area contributed by atoms with E-state index < -0.39 is 5.76 Å². The molecule has 0 fully saturated rings. The van der Waals surface area contributed by atoms with Crippen LogP contribution in [-0.4, -0.2) is 26.9 Å². The number of carbonyl (C=O) groups excluding carboxylic acids is 1. The Morgan fingerprint density at radius 2 is 2.20 bits per heavy atom. The van der Waals surface area contributed by atoms with Crippen LogP contribution in [0.25, 0.3) is 11.1 Å². The van der Waals surface area contributed by atoms with Crippen molar-refractivity contribution in [3.63, 3.8) is 0 Å². The Labute approximate surface area is 143 Å². The number of para-hydroxylation sites is 2. The zero-order chi connectivity index (χ0) is 17.4. The van der Waals surface area contributed by atoms with Crippen molar-refractivity contribution >= 4 is 17.0 Å². The van der Waals surface area contributed by atoms with Crippen LogP contribution < -0.4 is 11.1 Å². The molecule has 3 aromatic rings. The largest absolute Gasteiger partial charge is 0.420 e. The topological polar surface area (TPSA) is 91.3 Å². The number of hydrogen-bond donors (Lipinski definition) is 1. The second-order valence-electron chi connectivity index (χ2n) is 6.00. The van der Waals surface area contributed by atoms with E-state index in [9.17, 15) is 9.59 Å². The zero-order valence-electron chi connectivity index (χ0n) is 13.8. The average molecular weight is 342 g/mol. The SMILES string of the molecule is Cn1nc(CNC(=O)Cn2c(=O)oc3ccccc32)c2c1CCOC2. The number of aromatic nitrogens is 3. The van der Waals surface area contributed by atoms with Crippen LogP contribution in [0.3, 0.4) is 0 Å². The van der Waals surface area contributed by atoms with Gasteiger partial charge in [-0.2, -0.15) is 5.10 Å². The molecule has 1 aliphatic heterocycles. The van der Waals surface area contributed by atoms with Crippen LogP contribution in [0, 0.1) is 0 Å². The molecule has 3 heterocycles. The first-order chi connectivity index (χ1) is 12.1. The Kier molecular flexibility index (Phi) is 3.89. The van der Waals surface area contributed by atoms with Gasteiger partial charge in [-0.25, -0.2) is 4.79 Å². The first kappa shape index (κ1) is 15.6.